The Kier molecular flexibility index (Phi) is 7.58. The van der Waals surface area contributed by atoms with Crippen LogP contribution >= 0.6 is 23.1 Å². The molecule has 2 aliphatic rings. The molecule has 0 bridgehead atoms. The zero-order valence-corrected chi connectivity index (χ0v) is 22.3. The number of thiophene rings is 1. The van der Waals surface area contributed by atoms with Gasteiger partial charge in [-0.05, 0) is 31.6 Å². The maximum absolute atomic E-state index is 6.25. The highest BCUT2D eigenvalue weighted by molar-refractivity contribution is 7.99. The van der Waals surface area contributed by atoms with Gasteiger partial charge in [-0.15, -0.1) is 23.1 Å². The first-order valence-corrected chi connectivity index (χ1v) is 14.6. The lowest BCUT2D eigenvalue weighted by Crippen LogP contribution is -2.39. The highest BCUT2D eigenvalue weighted by Gasteiger charge is 2.33. The van der Waals surface area contributed by atoms with Gasteiger partial charge in [-0.3, -0.25) is 0 Å². The lowest BCUT2D eigenvalue weighted by atomic mass is 9.90. The molecule has 8 heteroatoms. The lowest BCUT2D eigenvalue weighted by Gasteiger charge is -2.36. The molecule has 184 valence electrons. The van der Waals surface area contributed by atoms with Crippen LogP contribution in [0.25, 0.3) is 20.4 Å². The van der Waals surface area contributed by atoms with Crippen molar-refractivity contribution in [2.45, 2.75) is 83.0 Å². The molecule has 0 atom stereocenters. The van der Waals surface area contributed by atoms with Crippen molar-refractivity contribution in [1.29, 1.82) is 0 Å². The Labute approximate surface area is 210 Å². The molecule has 0 amide bonds. The molecule has 1 saturated heterocycles. The summed E-state index contributed by atoms with van der Waals surface area (Å²) in [5, 5.41) is 2.32. The van der Waals surface area contributed by atoms with Crippen LogP contribution in [-0.2, 0) is 22.5 Å². The first-order valence-electron chi connectivity index (χ1n) is 12.8. The van der Waals surface area contributed by atoms with E-state index in [4.69, 9.17) is 19.4 Å². The van der Waals surface area contributed by atoms with E-state index in [9.17, 15) is 0 Å². The molecule has 0 saturated carbocycles. The number of fused-ring (bicyclic) bond motifs is 5. The van der Waals surface area contributed by atoms with Gasteiger partial charge in [0.05, 0.1) is 35.6 Å². The molecule has 5 rings (SSSR count). The van der Waals surface area contributed by atoms with Gasteiger partial charge in [-0.25, -0.2) is 15.0 Å². The fraction of sp³-hybridized carbons (Fsp3) is 0.654. The van der Waals surface area contributed by atoms with Crippen molar-refractivity contribution in [1.82, 2.24) is 15.0 Å². The molecular weight excluding hydrogens is 464 g/mol. The summed E-state index contributed by atoms with van der Waals surface area (Å²) in [4.78, 5) is 18.1. The van der Waals surface area contributed by atoms with Crippen molar-refractivity contribution in [3.63, 3.8) is 0 Å². The highest BCUT2D eigenvalue weighted by Crippen LogP contribution is 2.44. The molecular formula is C26H36N4O2S2. The fourth-order valence-electron chi connectivity index (χ4n) is 4.96. The minimum Gasteiger partial charge on any atom is -0.378 e. The highest BCUT2D eigenvalue weighted by atomic mass is 32.2. The SMILES string of the molecule is CCCCCCCCSc1ncnc2c1sc1nc(N3CCOCC3)c3c(c12)CC(C)(C)OC3. The summed E-state index contributed by atoms with van der Waals surface area (Å²) in [6, 6.07) is 0. The largest absolute Gasteiger partial charge is 0.378 e. The topological polar surface area (TPSA) is 60.4 Å². The van der Waals surface area contributed by atoms with E-state index in [0.717, 1.165) is 59.7 Å². The Morgan fingerprint density at radius 1 is 1.06 bits per heavy atom. The van der Waals surface area contributed by atoms with E-state index in [1.807, 2.05) is 11.8 Å². The molecule has 0 N–H and O–H groups in total. The van der Waals surface area contributed by atoms with Crippen LogP contribution < -0.4 is 4.90 Å². The van der Waals surface area contributed by atoms with Gasteiger partial charge in [-0.2, -0.15) is 0 Å². The molecule has 0 unspecified atom stereocenters. The van der Waals surface area contributed by atoms with Crippen molar-refractivity contribution in [3.8, 4) is 0 Å². The average molecular weight is 501 g/mol. The lowest BCUT2D eigenvalue weighted by molar-refractivity contribution is -0.0396. The molecule has 3 aromatic rings. The van der Waals surface area contributed by atoms with Crippen molar-refractivity contribution < 1.29 is 9.47 Å². The second-order valence-electron chi connectivity index (χ2n) is 9.97. The summed E-state index contributed by atoms with van der Waals surface area (Å²) in [7, 11) is 0. The monoisotopic (exact) mass is 500 g/mol. The van der Waals surface area contributed by atoms with E-state index >= 15 is 0 Å². The van der Waals surface area contributed by atoms with Crippen LogP contribution in [0, 0.1) is 0 Å². The first-order chi connectivity index (χ1) is 16.6. The Morgan fingerprint density at radius 2 is 1.85 bits per heavy atom. The van der Waals surface area contributed by atoms with Crippen LogP contribution in [0.5, 0.6) is 0 Å². The van der Waals surface area contributed by atoms with Crippen molar-refractivity contribution in [2.75, 3.05) is 37.0 Å². The van der Waals surface area contributed by atoms with E-state index in [1.54, 1.807) is 17.7 Å². The van der Waals surface area contributed by atoms with E-state index in [2.05, 4.69) is 30.7 Å². The van der Waals surface area contributed by atoms with E-state index in [-0.39, 0.29) is 5.60 Å². The molecule has 34 heavy (non-hydrogen) atoms. The molecule has 5 heterocycles. The minimum absolute atomic E-state index is 0.194. The number of ether oxygens (including phenoxy) is 2. The van der Waals surface area contributed by atoms with E-state index in [0.29, 0.717) is 6.61 Å². The predicted molar refractivity (Wildman–Crippen MR) is 142 cm³/mol. The number of thioether (sulfide) groups is 1. The third-order valence-electron chi connectivity index (χ3n) is 6.82. The summed E-state index contributed by atoms with van der Waals surface area (Å²) in [6.07, 6.45) is 10.5. The summed E-state index contributed by atoms with van der Waals surface area (Å²) >= 11 is 3.64. The van der Waals surface area contributed by atoms with Gasteiger partial charge >= 0.3 is 0 Å². The Bertz CT molecular complexity index is 1140. The second kappa shape index (κ2) is 10.6. The number of anilines is 1. The third kappa shape index (κ3) is 5.06. The quantitative estimate of drug-likeness (QED) is 0.192. The van der Waals surface area contributed by atoms with Crippen LogP contribution in [0.3, 0.4) is 0 Å². The van der Waals surface area contributed by atoms with Gasteiger partial charge in [0.15, 0.2) is 0 Å². The number of unbranched alkanes of at least 4 members (excludes halogenated alkanes) is 5. The predicted octanol–water partition coefficient (Wildman–Crippen LogP) is 6.38. The number of pyridine rings is 1. The zero-order chi connectivity index (χ0) is 23.5. The fourth-order valence-corrected chi connectivity index (χ4v) is 7.19. The van der Waals surface area contributed by atoms with Gasteiger partial charge in [0.2, 0.25) is 0 Å². The van der Waals surface area contributed by atoms with Crippen molar-refractivity contribution in [3.05, 3.63) is 17.5 Å². The van der Waals surface area contributed by atoms with Crippen molar-refractivity contribution in [2.24, 2.45) is 0 Å². The Balaban J connectivity index is 1.49. The van der Waals surface area contributed by atoms with E-state index < -0.39 is 0 Å². The second-order valence-corrected chi connectivity index (χ2v) is 12.1. The minimum atomic E-state index is -0.194. The van der Waals surface area contributed by atoms with E-state index in [1.165, 1.54) is 59.7 Å². The van der Waals surface area contributed by atoms with Gasteiger partial charge < -0.3 is 14.4 Å². The Hall–Kier alpha value is -1.48. The molecule has 0 spiro atoms. The third-order valence-corrected chi connectivity index (χ3v) is 9.11. The van der Waals surface area contributed by atoms with Gasteiger partial charge in [-0.1, -0.05) is 39.0 Å². The van der Waals surface area contributed by atoms with Crippen LogP contribution in [0.15, 0.2) is 11.4 Å². The van der Waals surface area contributed by atoms with Crippen LogP contribution in [-0.4, -0.2) is 52.6 Å². The zero-order valence-electron chi connectivity index (χ0n) is 20.7. The van der Waals surface area contributed by atoms with Crippen LogP contribution in [0.2, 0.25) is 0 Å². The molecule has 0 radical (unpaired) electrons. The average Bonchev–Trinajstić information content (AvgIpc) is 3.22. The standard InChI is InChI=1S/C26H36N4O2S2/c1-4-5-6-7-8-9-14-33-25-22-21(27-17-28-25)20-18-15-26(2,3)32-16-19(18)23(29-24(20)34-22)30-10-12-31-13-11-30/h17H,4-16H2,1-3H3. The summed E-state index contributed by atoms with van der Waals surface area (Å²) in [6.45, 7) is 10.5. The van der Waals surface area contributed by atoms with Crippen LogP contribution in [0.1, 0.15) is 70.4 Å². The van der Waals surface area contributed by atoms with Crippen molar-refractivity contribution >= 4 is 49.3 Å². The molecule has 2 aliphatic heterocycles. The maximum atomic E-state index is 6.25. The summed E-state index contributed by atoms with van der Waals surface area (Å²) in [5.41, 5.74) is 3.46. The van der Waals surface area contributed by atoms with Gasteiger partial charge in [0.25, 0.3) is 0 Å². The maximum Gasteiger partial charge on any atom is 0.136 e. The number of nitrogens with zero attached hydrogens (tertiary/aromatic N) is 4. The summed E-state index contributed by atoms with van der Waals surface area (Å²) < 4.78 is 13.0. The molecule has 3 aromatic heterocycles. The number of hydrogen-bond acceptors (Lipinski definition) is 8. The number of hydrogen-bond donors (Lipinski definition) is 0. The molecule has 1 fully saturated rings. The normalized spacial score (nSPS) is 18.0. The molecule has 6 nitrogen and oxygen atoms in total. The smallest absolute Gasteiger partial charge is 0.136 e. The van der Waals surface area contributed by atoms with Gasteiger partial charge in [0.1, 0.15) is 22.0 Å². The first kappa shape index (κ1) is 24.2. The Morgan fingerprint density at radius 3 is 2.68 bits per heavy atom. The number of aromatic nitrogens is 3. The van der Waals surface area contributed by atoms with Gasteiger partial charge in [0, 0.05) is 30.5 Å². The molecule has 0 aliphatic carbocycles. The number of rotatable bonds is 9. The summed E-state index contributed by atoms with van der Waals surface area (Å²) in [5.74, 6) is 2.18. The number of morpholine rings is 1. The molecule has 0 aromatic carbocycles. The van der Waals surface area contributed by atoms with Crippen LogP contribution in [0.4, 0.5) is 5.82 Å².